The van der Waals surface area contributed by atoms with Crippen LogP contribution < -0.4 is 5.32 Å². The van der Waals surface area contributed by atoms with Crippen molar-refractivity contribution in [1.82, 2.24) is 15.2 Å². The molecule has 132 valence electrons. The highest BCUT2D eigenvalue weighted by Crippen LogP contribution is 2.17. The first-order valence-corrected chi connectivity index (χ1v) is 9.55. The lowest BCUT2D eigenvalue weighted by Crippen LogP contribution is -2.38. The number of rotatable bonds is 5. The molecule has 24 heavy (non-hydrogen) atoms. The number of thioether (sulfide) groups is 1. The summed E-state index contributed by atoms with van der Waals surface area (Å²) in [5.41, 5.74) is 2.38. The third-order valence-electron chi connectivity index (χ3n) is 3.56. The molecule has 0 radical (unpaired) electrons. The van der Waals surface area contributed by atoms with E-state index >= 15 is 0 Å². The second kappa shape index (κ2) is 10.2. The number of benzene rings is 1. The largest absolute Gasteiger partial charge is 0.351 e. The number of aliphatic imine (C=N–C) groups is 1. The van der Waals surface area contributed by atoms with E-state index in [9.17, 15) is 0 Å². The molecule has 2 aromatic rings. The number of guanidine groups is 1. The van der Waals surface area contributed by atoms with Gasteiger partial charge in [-0.05, 0) is 37.8 Å². The van der Waals surface area contributed by atoms with Crippen LogP contribution in [0.2, 0.25) is 0 Å². The first-order valence-electron chi connectivity index (χ1n) is 7.51. The molecule has 0 saturated heterocycles. The van der Waals surface area contributed by atoms with Gasteiger partial charge in [-0.1, -0.05) is 12.1 Å². The van der Waals surface area contributed by atoms with E-state index in [1.807, 2.05) is 14.0 Å². The molecule has 2 rings (SSSR count). The van der Waals surface area contributed by atoms with Gasteiger partial charge in [-0.3, -0.25) is 4.99 Å². The maximum Gasteiger partial charge on any atom is 0.193 e. The van der Waals surface area contributed by atoms with E-state index in [1.54, 1.807) is 23.1 Å². The molecule has 0 saturated carbocycles. The first-order chi connectivity index (χ1) is 11.0. The average molecular weight is 476 g/mol. The molecule has 1 N–H and O–H groups in total. The standard InChI is InChI=1S/C17H24N4S2.HI/c1-12-16(23-13(2)20-12)10-19-17(18-3)21(4)11-14-6-8-15(22-5)9-7-14;/h6-9H,10-11H2,1-5H3,(H,18,19);1H. The summed E-state index contributed by atoms with van der Waals surface area (Å²) >= 11 is 3.50. The Morgan fingerprint density at radius 1 is 1.29 bits per heavy atom. The molecule has 4 nitrogen and oxygen atoms in total. The number of hydrogen-bond donors (Lipinski definition) is 1. The Balaban J connectivity index is 0.00000288. The second-order valence-corrected chi connectivity index (χ2v) is 7.51. The Morgan fingerprint density at radius 3 is 2.46 bits per heavy atom. The zero-order valence-corrected chi connectivity index (χ0v) is 18.8. The van der Waals surface area contributed by atoms with Crippen LogP contribution in [-0.4, -0.2) is 36.2 Å². The van der Waals surface area contributed by atoms with Gasteiger partial charge in [0.15, 0.2) is 5.96 Å². The summed E-state index contributed by atoms with van der Waals surface area (Å²) in [4.78, 5) is 13.5. The van der Waals surface area contributed by atoms with Crippen LogP contribution in [0.3, 0.4) is 0 Å². The Morgan fingerprint density at radius 2 is 1.96 bits per heavy atom. The van der Waals surface area contributed by atoms with Crippen molar-refractivity contribution in [2.24, 2.45) is 4.99 Å². The maximum atomic E-state index is 4.47. The highest BCUT2D eigenvalue weighted by Gasteiger charge is 2.09. The van der Waals surface area contributed by atoms with Crippen LogP contribution in [0.4, 0.5) is 0 Å². The molecular weight excluding hydrogens is 451 g/mol. The SMILES string of the molecule is CN=C(NCc1sc(C)nc1C)N(C)Cc1ccc(SC)cc1.I. The van der Waals surface area contributed by atoms with E-state index in [4.69, 9.17) is 0 Å². The number of nitrogens with zero attached hydrogens (tertiary/aromatic N) is 3. The van der Waals surface area contributed by atoms with Crippen molar-refractivity contribution in [2.45, 2.75) is 31.8 Å². The maximum absolute atomic E-state index is 4.47. The fourth-order valence-corrected chi connectivity index (χ4v) is 3.65. The van der Waals surface area contributed by atoms with Gasteiger partial charge < -0.3 is 10.2 Å². The molecule has 1 aromatic carbocycles. The minimum absolute atomic E-state index is 0. The van der Waals surface area contributed by atoms with Crippen molar-refractivity contribution in [2.75, 3.05) is 20.4 Å². The summed E-state index contributed by atoms with van der Waals surface area (Å²) in [7, 11) is 3.88. The Kier molecular flexibility index (Phi) is 9.07. The smallest absolute Gasteiger partial charge is 0.193 e. The van der Waals surface area contributed by atoms with Gasteiger partial charge in [-0.15, -0.1) is 47.1 Å². The molecule has 0 atom stereocenters. The van der Waals surface area contributed by atoms with Crippen LogP contribution in [0.25, 0.3) is 0 Å². The fraction of sp³-hybridized carbons (Fsp3) is 0.412. The fourth-order valence-electron chi connectivity index (χ4n) is 2.36. The van der Waals surface area contributed by atoms with Crippen LogP contribution >= 0.6 is 47.1 Å². The van der Waals surface area contributed by atoms with Gasteiger partial charge in [0, 0.05) is 30.4 Å². The zero-order chi connectivity index (χ0) is 16.8. The molecule has 0 fully saturated rings. The van der Waals surface area contributed by atoms with Gasteiger partial charge in [0.25, 0.3) is 0 Å². The van der Waals surface area contributed by atoms with Gasteiger partial charge in [0.05, 0.1) is 17.2 Å². The lowest BCUT2D eigenvalue weighted by atomic mass is 10.2. The Hall–Kier alpha value is -0.800. The highest BCUT2D eigenvalue weighted by molar-refractivity contribution is 14.0. The van der Waals surface area contributed by atoms with Crippen LogP contribution in [0.5, 0.6) is 0 Å². The van der Waals surface area contributed by atoms with Crippen molar-refractivity contribution in [1.29, 1.82) is 0 Å². The molecule has 1 heterocycles. The van der Waals surface area contributed by atoms with Crippen LogP contribution in [0.15, 0.2) is 34.2 Å². The minimum Gasteiger partial charge on any atom is -0.351 e. The van der Waals surface area contributed by atoms with Crippen LogP contribution in [-0.2, 0) is 13.1 Å². The van der Waals surface area contributed by atoms with E-state index in [1.165, 1.54) is 15.3 Å². The molecular formula is C17H25IN4S2. The highest BCUT2D eigenvalue weighted by atomic mass is 127. The van der Waals surface area contributed by atoms with E-state index in [0.717, 1.165) is 29.8 Å². The van der Waals surface area contributed by atoms with Gasteiger partial charge in [0.2, 0.25) is 0 Å². The molecule has 0 spiro atoms. The first kappa shape index (κ1) is 21.2. The quantitative estimate of drug-likeness (QED) is 0.302. The van der Waals surface area contributed by atoms with Gasteiger partial charge in [0.1, 0.15) is 0 Å². The molecule has 0 unspecified atom stereocenters. The summed E-state index contributed by atoms with van der Waals surface area (Å²) in [5, 5.41) is 4.53. The van der Waals surface area contributed by atoms with Crippen molar-refractivity contribution in [3.63, 3.8) is 0 Å². The molecule has 7 heteroatoms. The monoisotopic (exact) mass is 476 g/mol. The van der Waals surface area contributed by atoms with E-state index in [0.29, 0.717) is 0 Å². The van der Waals surface area contributed by atoms with Crippen LogP contribution in [0.1, 0.15) is 21.1 Å². The lowest BCUT2D eigenvalue weighted by Gasteiger charge is -2.22. The number of halogens is 1. The molecule has 1 aromatic heterocycles. The topological polar surface area (TPSA) is 40.5 Å². The van der Waals surface area contributed by atoms with E-state index in [-0.39, 0.29) is 24.0 Å². The molecule has 0 aliphatic heterocycles. The molecule has 0 bridgehead atoms. The summed E-state index contributed by atoms with van der Waals surface area (Å²) in [6.45, 7) is 5.69. The number of aromatic nitrogens is 1. The molecule has 0 amide bonds. The van der Waals surface area contributed by atoms with Crippen LogP contribution in [0, 0.1) is 13.8 Å². The summed E-state index contributed by atoms with van der Waals surface area (Å²) < 4.78 is 0. The third-order valence-corrected chi connectivity index (χ3v) is 5.38. The number of hydrogen-bond acceptors (Lipinski definition) is 4. The van der Waals surface area contributed by atoms with E-state index < -0.39 is 0 Å². The van der Waals surface area contributed by atoms with Gasteiger partial charge >= 0.3 is 0 Å². The van der Waals surface area contributed by atoms with Crippen molar-refractivity contribution in [3.05, 3.63) is 45.4 Å². The predicted octanol–water partition coefficient (Wildman–Crippen LogP) is 4.31. The van der Waals surface area contributed by atoms with Gasteiger partial charge in [-0.2, -0.15) is 0 Å². The van der Waals surface area contributed by atoms with Gasteiger partial charge in [-0.25, -0.2) is 4.98 Å². The summed E-state index contributed by atoms with van der Waals surface area (Å²) in [6, 6.07) is 8.67. The lowest BCUT2D eigenvalue weighted by molar-refractivity contribution is 0.476. The number of nitrogens with one attached hydrogen (secondary N) is 1. The molecule has 0 aliphatic carbocycles. The third kappa shape index (κ3) is 5.93. The van der Waals surface area contributed by atoms with E-state index in [2.05, 4.69) is 64.7 Å². The summed E-state index contributed by atoms with van der Waals surface area (Å²) in [5.74, 6) is 0.893. The second-order valence-electron chi connectivity index (χ2n) is 5.35. The van der Waals surface area contributed by atoms with Crippen molar-refractivity contribution in [3.8, 4) is 0 Å². The Bertz CT molecular complexity index is 668. The molecule has 0 aliphatic rings. The number of aryl methyl sites for hydroxylation is 2. The predicted molar refractivity (Wildman–Crippen MR) is 117 cm³/mol. The summed E-state index contributed by atoms with van der Waals surface area (Å²) in [6.07, 6.45) is 2.09. The zero-order valence-electron chi connectivity index (χ0n) is 14.8. The van der Waals surface area contributed by atoms with Crippen molar-refractivity contribution < 1.29 is 0 Å². The Labute approximate surface area is 170 Å². The number of thiazole rings is 1. The van der Waals surface area contributed by atoms with Crippen molar-refractivity contribution >= 4 is 53.0 Å². The minimum atomic E-state index is 0. The normalized spacial score (nSPS) is 11.1. The average Bonchev–Trinajstić information content (AvgIpc) is 2.86.